The molecular formula is C16H18ClN5O. The molecule has 0 spiro atoms. The number of likely N-dealkylation sites (tertiary alicyclic amines) is 1. The third-order valence-corrected chi connectivity index (χ3v) is 4.70. The maximum absolute atomic E-state index is 12.3. The number of halogens is 1. The van der Waals surface area contributed by atoms with Crippen LogP contribution in [-0.4, -0.2) is 39.0 Å². The highest BCUT2D eigenvalue weighted by Crippen LogP contribution is 2.39. The molecule has 2 aromatic rings. The number of nitrogens with zero attached hydrogens (tertiary/aromatic N) is 4. The van der Waals surface area contributed by atoms with Crippen molar-refractivity contribution in [3.05, 3.63) is 41.2 Å². The Bertz CT molecular complexity index is 710. The van der Waals surface area contributed by atoms with E-state index in [4.69, 9.17) is 11.6 Å². The maximum Gasteiger partial charge on any atom is 0.321 e. The third kappa shape index (κ3) is 3.17. The summed E-state index contributed by atoms with van der Waals surface area (Å²) >= 11 is 5.85. The van der Waals surface area contributed by atoms with Gasteiger partial charge in [-0.05, 0) is 43.5 Å². The van der Waals surface area contributed by atoms with E-state index in [9.17, 15) is 4.79 Å². The zero-order chi connectivity index (χ0) is 15.8. The molecule has 1 unspecified atom stereocenters. The van der Waals surface area contributed by atoms with E-state index in [-0.39, 0.29) is 12.1 Å². The molecule has 1 saturated heterocycles. The predicted octanol–water partition coefficient (Wildman–Crippen LogP) is 3.29. The largest absolute Gasteiger partial charge is 0.322 e. The third-order valence-electron chi connectivity index (χ3n) is 4.44. The smallest absolute Gasteiger partial charge is 0.321 e. The molecule has 1 aromatic heterocycles. The van der Waals surface area contributed by atoms with Gasteiger partial charge in [-0.3, -0.25) is 0 Å². The Morgan fingerprint density at radius 3 is 2.74 bits per heavy atom. The summed E-state index contributed by atoms with van der Waals surface area (Å²) in [5.41, 5.74) is 1.84. The molecule has 1 atom stereocenters. The molecule has 0 radical (unpaired) electrons. The minimum atomic E-state index is -0.0858. The number of amides is 2. The molecule has 1 saturated carbocycles. The highest BCUT2D eigenvalue weighted by Gasteiger charge is 2.31. The first-order chi connectivity index (χ1) is 11.2. The summed E-state index contributed by atoms with van der Waals surface area (Å²) in [6.45, 7) is 1.38. The van der Waals surface area contributed by atoms with Crippen LogP contribution in [0.1, 0.15) is 36.9 Å². The van der Waals surface area contributed by atoms with Crippen molar-refractivity contribution >= 4 is 23.3 Å². The molecule has 7 heteroatoms. The number of nitrogens with one attached hydrogen (secondary N) is 1. The highest BCUT2D eigenvalue weighted by molar-refractivity contribution is 6.30. The number of carbonyl (C=O) groups excluding carboxylic acids is 1. The lowest BCUT2D eigenvalue weighted by Crippen LogP contribution is -2.33. The number of hydrogen-bond donors (Lipinski definition) is 1. The van der Waals surface area contributed by atoms with Gasteiger partial charge in [-0.2, -0.15) is 0 Å². The van der Waals surface area contributed by atoms with Gasteiger partial charge in [-0.1, -0.05) is 16.8 Å². The Labute approximate surface area is 139 Å². The molecule has 2 heterocycles. The van der Waals surface area contributed by atoms with Crippen molar-refractivity contribution in [2.75, 3.05) is 18.4 Å². The van der Waals surface area contributed by atoms with E-state index in [1.807, 2.05) is 15.8 Å². The van der Waals surface area contributed by atoms with Crippen molar-refractivity contribution in [1.29, 1.82) is 0 Å². The monoisotopic (exact) mass is 331 g/mol. The minimum absolute atomic E-state index is 0.0858. The molecular weight excluding hydrogens is 314 g/mol. The highest BCUT2D eigenvalue weighted by atomic mass is 35.5. The summed E-state index contributed by atoms with van der Waals surface area (Å²) in [4.78, 5) is 14.2. The fourth-order valence-corrected chi connectivity index (χ4v) is 3.04. The van der Waals surface area contributed by atoms with Crippen LogP contribution < -0.4 is 5.32 Å². The molecule has 6 nitrogen and oxygen atoms in total. The van der Waals surface area contributed by atoms with E-state index < -0.39 is 0 Å². The van der Waals surface area contributed by atoms with Crippen molar-refractivity contribution in [3.8, 4) is 0 Å². The number of hydrogen-bond acceptors (Lipinski definition) is 3. The summed E-state index contributed by atoms with van der Waals surface area (Å²) in [6.07, 6.45) is 5.39. The van der Waals surface area contributed by atoms with Crippen molar-refractivity contribution < 1.29 is 4.79 Å². The van der Waals surface area contributed by atoms with Gasteiger partial charge in [0.2, 0.25) is 0 Å². The normalized spacial score (nSPS) is 20.7. The molecule has 1 aromatic carbocycles. The Morgan fingerprint density at radius 1 is 1.22 bits per heavy atom. The lowest BCUT2D eigenvalue weighted by molar-refractivity contribution is 0.220. The second-order valence-corrected chi connectivity index (χ2v) is 6.66. The van der Waals surface area contributed by atoms with Crippen molar-refractivity contribution in [2.24, 2.45) is 0 Å². The molecule has 1 N–H and O–H groups in total. The van der Waals surface area contributed by atoms with Crippen molar-refractivity contribution in [2.45, 2.75) is 31.2 Å². The molecule has 23 heavy (non-hydrogen) atoms. The molecule has 120 valence electrons. The van der Waals surface area contributed by atoms with E-state index in [1.54, 1.807) is 24.3 Å². The number of aromatic nitrogens is 3. The summed E-state index contributed by atoms with van der Waals surface area (Å²) in [7, 11) is 0. The van der Waals surface area contributed by atoms with E-state index in [0.29, 0.717) is 17.5 Å². The fraction of sp³-hybridized carbons (Fsp3) is 0.438. The summed E-state index contributed by atoms with van der Waals surface area (Å²) < 4.78 is 1.92. The lowest BCUT2D eigenvalue weighted by atomic mass is 10.2. The van der Waals surface area contributed by atoms with E-state index in [2.05, 4.69) is 15.6 Å². The maximum atomic E-state index is 12.3. The van der Waals surface area contributed by atoms with Crippen LogP contribution in [0.3, 0.4) is 0 Å². The summed E-state index contributed by atoms with van der Waals surface area (Å²) in [5.74, 6) is 0.606. The Morgan fingerprint density at radius 2 is 2.00 bits per heavy atom. The van der Waals surface area contributed by atoms with Crippen LogP contribution >= 0.6 is 11.6 Å². The van der Waals surface area contributed by atoms with E-state index in [1.165, 1.54) is 12.8 Å². The summed E-state index contributed by atoms with van der Waals surface area (Å²) in [6, 6.07) is 7.25. The Kier molecular flexibility index (Phi) is 3.69. The van der Waals surface area contributed by atoms with Gasteiger partial charge in [0.15, 0.2) is 0 Å². The predicted molar refractivity (Wildman–Crippen MR) is 87.7 cm³/mol. The fourth-order valence-electron chi connectivity index (χ4n) is 2.91. The first kappa shape index (κ1) is 14.5. The van der Waals surface area contributed by atoms with Crippen LogP contribution in [0, 0.1) is 0 Å². The molecule has 4 rings (SSSR count). The van der Waals surface area contributed by atoms with Gasteiger partial charge < -0.3 is 10.2 Å². The first-order valence-corrected chi connectivity index (χ1v) is 8.30. The molecule has 2 fully saturated rings. The molecule has 0 bridgehead atoms. The zero-order valence-corrected chi connectivity index (χ0v) is 13.4. The van der Waals surface area contributed by atoms with Gasteiger partial charge in [0, 0.05) is 35.9 Å². The standard InChI is InChI=1S/C16H18ClN5O/c17-12-3-5-13(6-4-12)18-16(23)21-8-7-14(9-21)22-10-15(19-20-22)11-1-2-11/h3-6,10-11,14H,1-2,7-9H2,(H,18,23). The lowest BCUT2D eigenvalue weighted by Gasteiger charge is -2.17. The van der Waals surface area contributed by atoms with Crippen LogP contribution in [0.2, 0.25) is 5.02 Å². The second kappa shape index (κ2) is 5.85. The Balaban J connectivity index is 1.37. The zero-order valence-electron chi connectivity index (χ0n) is 12.7. The van der Waals surface area contributed by atoms with Gasteiger partial charge in [0.25, 0.3) is 0 Å². The second-order valence-electron chi connectivity index (χ2n) is 6.22. The molecule has 1 aliphatic carbocycles. The number of benzene rings is 1. The van der Waals surface area contributed by atoms with E-state index in [0.717, 1.165) is 24.3 Å². The van der Waals surface area contributed by atoms with E-state index >= 15 is 0 Å². The number of rotatable bonds is 3. The molecule has 2 amide bonds. The average molecular weight is 332 g/mol. The SMILES string of the molecule is O=C(Nc1ccc(Cl)cc1)N1CCC(n2cc(C3CC3)nn2)C1. The van der Waals surface area contributed by atoms with Crippen molar-refractivity contribution in [1.82, 2.24) is 19.9 Å². The van der Waals surface area contributed by atoms with Crippen molar-refractivity contribution in [3.63, 3.8) is 0 Å². The van der Waals surface area contributed by atoms with Gasteiger partial charge >= 0.3 is 6.03 Å². The van der Waals surface area contributed by atoms with Gasteiger partial charge in [0.05, 0.1) is 11.7 Å². The van der Waals surface area contributed by atoms with Crippen LogP contribution in [-0.2, 0) is 0 Å². The van der Waals surface area contributed by atoms with Crippen LogP contribution in [0.5, 0.6) is 0 Å². The van der Waals surface area contributed by atoms with Crippen LogP contribution in [0.4, 0.5) is 10.5 Å². The number of urea groups is 1. The van der Waals surface area contributed by atoms with Crippen LogP contribution in [0.15, 0.2) is 30.5 Å². The van der Waals surface area contributed by atoms with Gasteiger partial charge in [0.1, 0.15) is 0 Å². The first-order valence-electron chi connectivity index (χ1n) is 7.92. The average Bonchev–Trinajstić information content (AvgIpc) is 3.09. The summed E-state index contributed by atoms with van der Waals surface area (Å²) in [5, 5.41) is 12.0. The van der Waals surface area contributed by atoms with Gasteiger partial charge in [-0.25, -0.2) is 9.48 Å². The topological polar surface area (TPSA) is 63.1 Å². The quantitative estimate of drug-likeness (QED) is 0.938. The van der Waals surface area contributed by atoms with Crippen LogP contribution in [0.25, 0.3) is 0 Å². The molecule has 2 aliphatic rings. The molecule has 1 aliphatic heterocycles. The number of anilines is 1. The number of carbonyl (C=O) groups is 1. The van der Waals surface area contributed by atoms with Gasteiger partial charge in [-0.15, -0.1) is 5.10 Å². The Hall–Kier alpha value is -2.08. The minimum Gasteiger partial charge on any atom is -0.322 e.